The van der Waals surface area contributed by atoms with E-state index in [0.29, 0.717) is 31.0 Å². The Balaban J connectivity index is 1.54. The summed E-state index contributed by atoms with van der Waals surface area (Å²) in [5.74, 6) is -0.560. The molecule has 2 amide bonds. The van der Waals surface area contributed by atoms with E-state index in [4.69, 9.17) is 11.6 Å². The molecule has 0 radical (unpaired) electrons. The summed E-state index contributed by atoms with van der Waals surface area (Å²) in [4.78, 5) is 26.6. The Morgan fingerprint density at radius 3 is 2.75 bits per heavy atom. The first-order valence-corrected chi connectivity index (χ1v) is 9.85. The second-order valence-electron chi connectivity index (χ2n) is 7.24. The molecule has 1 N–H and O–H groups in total. The normalized spacial score (nSPS) is 16.9. The number of benzene rings is 2. The van der Waals surface area contributed by atoms with Gasteiger partial charge in [-0.3, -0.25) is 9.59 Å². The van der Waals surface area contributed by atoms with Gasteiger partial charge in [-0.05, 0) is 60.7 Å². The van der Waals surface area contributed by atoms with Crippen molar-refractivity contribution in [3.8, 4) is 0 Å². The van der Waals surface area contributed by atoms with E-state index < -0.39 is 0 Å². The standard InChI is InChI=1S/C22H24ClFN2O2/c1-15-2-8-20(24)12-18(15)13-25-22(28)17-5-9-21(27)26(14-17)11-10-16-3-6-19(23)7-4-16/h2-4,6-8,12,17H,5,9-11,13-14H2,1H3,(H,25,28)/t17-/m0/s1. The van der Waals surface area contributed by atoms with Gasteiger partial charge in [0.05, 0.1) is 5.92 Å². The fourth-order valence-corrected chi connectivity index (χ4v) is 3.54. The molecule has 1 atom stereocenters. The lowest BCUT2D eigenvalue weighted by Gasteiger charge is -2.32. The Bertz CT molecular complexity index is 854. The summed E-state index contributed by atoms with van der Waals surface area (Å²) >= 11 is 5.90. The maximum atomic E-state index is 13.4. The highest BCUT2D eigenvalue weighted by Gasteiger charge is 2.29. The Hall–Kier alpha value is -2.40. The average Bonchev–Trinajstić information content (AvgIpc) is 2.69. The van der Waals surface area contributed by atoms with Crippen LogP contribution in [-0.4, -0.2) is 29.8 Å². The van der Waals surface area contributed by atoms with Crippen molar-refractivity contribution < 1.29 is 14.0 Å². The maximum Gasteiger partial charge on any atom is 0.225 e. The van der Waals surface area contributed by atoms with Crippen molar-refractivity contribution in [3.05, 3.63) is 70.0 Å². The molecule has 1 aliphatic rings. The minimum absolute atomic E-state index is 0.0824. The fourth-order valence-electron chi connectivity index (χ4n) is 3.42. The first-order valence-electron chi connectivity index (χ1n) is 9.47. The van der Waals surface area contributed by atoms with Gasteiger partial charge in [0, 0.05) is 31.1 Å². The molecule has 2 aromatic rings. The number of rotatable bonds is 6. The van der Waals surface area contributed by atoms with Gasteiger partial charge in [-0.2, -0.15) is 0 Å². The van der Waals surface area contributed by atoms with E-state index >= 15 is 0 Å². The van der Waals surface area contributed by atoms with Gasteiger partial charge in [0.15, 0.2) is 0 Å². The zero-order chi connectivity index (χ0) is 20.1. The number of likely N-dealkylation sites (tertiary alicyclic amines) is 1. The van der Waals surface area contributed by atoms with E-state index in [2.05, 4.69) is 5.32 Å². The number of halogens is 2. The molecule has 2 aromatic carbocycles. The van der Waals surface area contributed by atoms with Crippen LogP contribution in [0.4, 0.5) is 4.39 Å². The molecule has 0 aromatic heterocycles. The Morgan fingerprint density at radius 1 is 1.25 bits per heavy atom. The molecule has 3 rings (SSSR count). The SMILES string of the molecule is Cc1ccc(F)cc1CNC(=O)[C@H]1CCC(=O)N(CCc2ccc(Cl)cc2)C1. The van der Waals surface area contributed by atoms with Crippen molar-refractivity contribution in [3.63, 3.8) is 0 Å². The number of carbonyl (C=O) groups is 2. The number of hydrogen-bond acceptors (Lipinski definition) is 2. The van der Waals surface area contributed by atoms with Crippen LogP contribution in [0.15, 0.2) is 42.5 Å². The van der Waals surface area contributed by atoms with Gasteiger partial charge < -0.3 is 10.2 Å². The van der Waals surface area contributed by atoms with Crippen LogP contribution in [0.2, 0.25) is 5.02 Å². The monoisotopic (exact) mass is 402 g/mol. The quantitative estimate of drug-likeness (QED) is 0.797. The summed E-state index contributed by atoms with van der Waals surface area (Å²) < 4.78 is 13.4. The number of nitrogens with one attached hydrogen (secondary N) is 1. The van der Waals surface area contributed by atoms with Crippen LogP contribution in [0.3, 0.4) is 0 Å². The van der Waals surface area contributed by atoms with Gasteiger partial charge in [0.1, 0.15) is 5.82 Å². The van der Waals surface area contributed by atoms with Crippen molar-refractivity contribution >= 4 is 23.4 Å². The summed E-state index contributed by atoms with van der Waals surface area (Å²) in [6.45, 7) is 3.17. The highest BCUT2D eigenvalue weighted by atomic mass is 35.5. The van der Waals surface area contributed by atoms with Crippen LogP contribution in [0, 0.1) is 18.7 Å². The van der Waals surface area contributed by atoms with E-state index in [-0.39, 0.29) is 30.1 Å². The summed E-state index contributed by atoms with van der Waals surface area (Å²) in [7, 11) is 0. The second-order valence-corrected chi connectivity index (χ2v) is 7.68. The minimum atomic E-state index is -0.313. The highest BCUT2D eigenvalue weighted by molar-refractivity contribution is 6.30. The molecule has 1 heterocycles. The van der Waals surface area contributed by atoms with Gasteiger partial charge in [-0.15, -0.1) is 0 Å². The Kier molecular flexibility index (Phi) is 6.68. The van der Waals surface area contributed by atoms with Crippen molar-refractivity contribution in [1.82, 2.24) is 10.2 Å². The smallest absolute Gasteiger partial charge is 0.225 e. The van der Waals surface area contributed by atoms with Gasteiger partial charge in [-0.25, -0.2) is 4.39 Å². The molecule has 148 valence electrons. The number of aryl methyl sites for hydroxylation is 1. The predicted molar refractivity (Wildman–Crippen MR) is 107 cm³/mol. The molecular weight excluding hydrogens is 379 g/mol. The second kappa shape index (κ2) is 9.20. The lowest BCUT2D eigenvalue weighted by molar-refractivity contribution is -0.138. The maximum absolute atomic E-state index is 13.4. The summed E-state index contributed by atoms with van der Waals surface area (Å²) in [6, 6.07) is 12.1. The molecular formula is C22H24ClFN2O2. The van der Waals surface area contributed by atoms with Crippen LogP contribution >= 0.6 is 11.6 Å². The van der Waals surface area contributed by atoms with Crippen LogP contribution in [0.25, 0.3) is 0 Å². The van der Waals surface area contributed by atoms with Crippen molar-refractivity contribution in [2.75, 3.05) is 13.1 Å². The van der Waals surface area contributed by atoms with Crippen LogP contribution in [-0.2, 0) is 22.6 Å². The zero-order valence-corrected chi connectivity index (χ0v) is 16.6. The first-order chi connectivity index (χ1) is 13.4. The number of amides is 2. The van der Waals surface area contributed by atoms with Crippen LogP contribution < -0.4 is 5.32 Å². The van der Waals surface area contributed by atoms with E-state index in [1.54, 1.807) is 11.0 Å². The Labute approximate surface area is 169 Å². The third kappa shape index (κ3) is 5.32. The topological polar surface area (TPSA) is 49.4 Å². The highest BCUT2D eigenvalue weighted by Crippen LogP contribution is 2.19. The van der Waals surface area contributed by atoms with Gasteiger partial charge >= 0.3 is 0 Å². The lowest BCUT2D eigenvalue weighted by atomic mass is 9.96. The van der Waals surface area contributed by atoms with Gasteiger partial charge in [-0.1, -0.05) is 29.8 Å². The summed E-state index contributed by atoms with van der Waals surface area (Å²) in [5.41, 5.74) is 2.80. The molecule has 0 saturated carbocycles. The molecule has 28 heavy (non-hydrogen) atoms. The minimum Gasteiger partial charge on any atom is -0.352 e. The molecule has 4 nitrogen and oxygen atoms in total. The van der Waals surface area contributed by atoms with Gasteiger partial charge in [0.25, 0.3) is 0 Å². The predicted octanol–water partition coefficient (Wildman–Crippen LogP) is 3.89. The third-order valence-corrected chi connectivity index (χ3v) is 5.47. The molecule has 0 spiro atoms. The third-order valence-electron chi connectivity index (χ3n) is 5.22. The summed E-state index contributed by atoms with van der Waals surface area (Å²) in [5, 5.41) is 3.58. The molecule has 0 unspecified atom stereocenters. The van der Waals surface area contributed by atoms with Crippen molar-refractivity contribution in [2.45, 2.75) is 32.7 Å². The number of nitrogens with zero attached hydrogens (tertiary/aromatic N) is 1. The lowest BCUT2D eigenvalue weighted by Crippen LogP contribution is -2.46. The van der Waals surface area contributed by atoms with E-state index in [9.17, 15) is 14.0 Å². The molecule has 1 saturated heterocycles. The molecule has 0 aliphatic carbocycles. The number of carbonyl (C=O) groups excluding carboxylic acids is 2. The van der Waals surface area contributed by atoms with E-state index in [1.807, 2.05) is 31.2 Å². The largest absolute Gasteiger partial charge is 0.352 e. The zero-order valence-electron chi connectivity index (χ0n) is 15.9. The average molecular weight is 403 g/mol. The fraction of sp³-hybridized carbons (Fsp3) is 0.364. The molecule has 6 heteroatoms. The summed E-state index contributed by atoms with van der Waals surface area (Å²) in [6.07, 6.45) is 1.64. The number of hydrogen-bond donors (Lipinski definition) is 1. The van der Waals surface area contributed by atoms with Crippen LogP contribution in [0.5, 0.6) is 0 Å². The van der Waals surface area contributed by atoms with Gasteiger partial charge in [0.2, 0.25) is 11.8 Å². The van der Waals surface area contributed by atoms with E-state index in [1.165, 1.54) is 12.1 Å². The Morgan fingerprint density at radius 2 is 2.00 bits per heavy atom. The molecule has 0 bridgehead atoms. The van der Waals surface area contributed by atoms with Crippen LogP contribution in [0.1, 0.15) is 29.5 Å². The van der Waals surface area contributed by atoms with Crippen molar-refractivity contribution in [2.24, 2.45) is 5.92 Å². The van der Waals surface area contributed by atoms with E-state index in [0.717, 1.165) is 23.1 Å². The molecule has 1 fully saturated rings. The molecule has 1 aliphatic heterocycles. The number of piperidine rings is 1. The van der Waals surface area contributed by atoms with Crippen molar-refractivity contribution in [1.29, 1.82) is 0 Å². The first kappa shape index (κ1) is 20.3.